The summed E-state index contributed by atoms with van der Waals surface area (Å²) in [6.07, 6.45) is 1.57. The number of aryl methyl sites for hydroxylation is 1. The third-order valence-corrected chi connectivity index (χ3v) is 4.00. The number of anilines is 2. The van der Waals surface area contributed by atoms with Gasteiger partial charge in [-0.15, -0.1) is 0 Å². The second kappa shape index (κ2) is 4.82. The molecule has 1 heterocycles. The first kappa shape index (κ1) is 14.4. The zero-order valence-electron chi connectivity index (χ0n) is 10.2. The van der Waals surface area contributed by atoms with Gasteiger partial charge in [-0.1, -0.05) is 12.1 Å². The maximum absolute atomic E-state index is 12.6. The first-order chi connectivity index (χ1) is 9.22. The van der Waals surface area contributed by atoms with Crippen molar-refractivity contribution in [2.45, 2.75) is 10.4 Å². The van der Waals surface area contributed by atoms with Crippen LogP contribution in [0.25, 0.3) is 0 Å². The molecule has 0 bridgehead atoms. The minimum absolute atomic E-state index is 0.177. The molecular weight excluding hydrogens is 295 g/mol. The van der Waals surface area contributed by atoms with Gasteiger partial charge < -0.3 is 5.32 Å². The van der Waals surface area contributed by atoms with Gasteiger partial charge in [-0.05, 0) is 12.1 Å². The van der Waals surface area contributed by atoms with Gasteiger partial charge >= 0.3 is 5.51 Å². The van der Waals surface area contributed by atoms with Gasteiger partial charge in [0.15, 0.2) is 5.82 Å². The van der Waals surface area contributed by atoms with E-state index in [1.54, 1.807) is 13.2 Å². The van der Waals surface area contributed by atoms with Crippen LogP contribution in [0.15, 0.2) is 41.4 Å². The maximum atomic E-state index is 12.6. The lowest BCUT2D eigenvalue weighted by Gasteiger charge is -2.12. The Hall–Kier alpha value is -2.03. The third-order valence-electron chi connectivity index (χ3n) is 2.46. The zero-order chi connectivity index (χ0) is 15.0. The first-order valence-corrected chi connectivity index (χ1v) is 6.87. The molecule has 0 fully saturated rings. The molecule has 0 saturated heterocycles. The monoisotopic (exact) mass is 305 g/mol. The minimum atomic E-state index is -5.42. The normalized spacial score (nSPS) is 12.4. The van der Waals surface area contributed by atoms with Crippen molar-refractivity contribution < 1.29 is 21.6 Å². The number of sulfone groups is 1. The lowest BCUT2D eigenvalue weighted by molar-refractivity contribution is -0.0435. The Morgan fingerprint density at radius 3 is 2.40 bits per heavy atom. The van der Waals surface area contributed by atoms with E-state index >= 15 is 0 Å². The first-order valence-electron chi connectivity index (χ1n) is 5.39. The molecule has 20 heavy (non-hydrogen) atoms. The molecule has 0 atom stereocenters. The minimum Gasteiger partial charge on any atom is -0.338 e. The van der Waals surface area contributed by atoms with Crippen LogP contribution in [0.2, 0.25) is 0 Å². The Bertz CT molecular complexity index is 723. The highest BCUT2D eigenvalue weighted by Gasteiger charge is 2.47. The molecule has 9 heteroatoms. The van der Waals surface area contributed by atoms with Crippen molar-refractivity contribution in [2.24, 2.45) is 7.05 Å². The van der Waals surface area contributed by atoms with Crippen LogP contribution in [0.3, 0.4) is 0 Å². The molecule has 0 unspecified atom stereocenters. The van der Waals surface area contributed by atoms with Gasteiger partial charge in [0.25, 0.3) is 9.84 Å². The summed E-state index contributed by atoms with van der Waals surface area (Å²) in [6.45, 7) is 0. The lowest BCUT2D eigenvalue weighted by atomic mass is 10.3. The van der Waals surface area contributed by atoms with Gasteiger partial charge in [0, 0.05) is 19.3 Å². The van der Waals surface area contributed by atoms with Crippen LogP contribution in [-0.2, 0) is 16.9 Å². The fourth-order valence-corrected chi connectivity index (χ4v) is 2.46. The van der Waals surface area contributed by atoms with Crippen molar-refractivity contribution >= 4 is 21.3 Å². The van der Waals surface area contributed by atoms with Gasteiger partial charge in [0.05, 0.1) is 10.6 Å². The summed E-state index contributed by atoms with van der Waals surface area (Å²) in [6, 6.07) is 6.31. The summed E-state index contributed by atoms with van der Waals surface area (Å²) >= 11 is 0. The van der Waals surface area contributed by atoms with Crippen LogP contribution in [0, 0.1) is 0 Å². The fourth-order valence-electron chi connectivity index (χ4n) is 1.55. The molecule has 0 aliphatic carbocycles. The van der Waals surface area contributed by atoms with Crippen LogP contribution in [0.1, 0.15) is 0 Å². The smallest absolute Gasteiger partial charge is 0.338 e. The number of hydrogen-bond acceptors (Lipinski definition) is 4. The summed E-state index contributed by atoms with van der Waals surface area (Å²) < 4.78 is 62.2. The van der Waals surface area contributed by atoms with Crippen LogP contribution in [-0.4, -0.2) is 23.7 Å². The van der Waals surface area contributed by atoms with Crippen LogP contribution >= 0.6 is 0 Å². The van der Waals surface area contributed by atoms with Crippen molar-refractivity contribution in [3.05, 3.63) is 36.5 Å². The standard InChI is InChI=1S/C11H10F3N3O2S/c1-17-7-6-10(16-17)15-8-4-2-3-5-9(8)20(18,19)11(12,13)14/h2-7H,1H3,(H,15,16). The highest BCUT2D eigenvalue weighted by molar-refractivity contribution is 7.92. The van der Waals surface area contributed by atoms with Crippen LogP contribution < -0.4 is 5.32 Å². The molecule has 0 saturated carbocycles. The van der Waals surface area contributed by atoms with Crippen molar-refractivity contribution in [3.8, 4) is 0 Å². The van der Waals surface area contributed by atoms with Crippen LogP contribution in [0.5, 0.6) is 0 Å². The lowest BCUT2D eigenvalue weighted by Crippen LogP contribution is -2.24. The Balaban J connectivity index is 2.47. The van der Waals surface area contributed by atoms with Gasteiger partial charge in [0.1, 0.15) is 0 Å². The number of benzene rings is 1. The Morgan fingerprint density at radius 1 is 1.20 bits per heavy atom. The molecule has 1 aromatic heterocycles. The maximum Gasteiger partial charge on any atom is 0.501 e. The number of nitrogens with one attached hydrogen (secondary N) is 1. The summed E-state index contributed by atoms with van der Waals surface area (Å²) in [5.41, 5.74) is -5.53. The van der Waals surface area contributed by atoms with Gasteiger partial charge in [-0.25, -0.2) is 8.42 Å². The highest BCUT2D eigenvalue weighted by atomic mass is 32.2. The average Bonchev–Trinajstić information content (AvgIpc) is 2.74. The molecule has 0 radical (unpaired) electrons. The highest BCUT2D eigenvalue weighted by Crippen LogP contribution is 2.34. The molecule has 0 spiro atoms. The number of aromatic nitrogens is 2. The molecule has 0 amide bonds. The van der Waals surface area contributed by atoms with Gasteiger partial charge in [0.2, 0.25) is 0 Å². The summed E-state index contributed by atoms with van der Waals surface area (Å²) in [5.74, 6) is 0.248. The van der Waals surface area contributed by atoms with E-state index < -0.39 is 20.2 Å². The van der Waals surface area contributed by atoms with E-state index in [9.17, 15) is 21.6 Å². The molecule has 2 aromatic rings. The summed E-state index contributed by atoms with van der Waals surface area (Å²) in [5, 5.41) is 6.48. The van der Waals surface area contributed by atoms with E-state index in [2.05, 4.69) is 10.4 Å². The predicted molar refractivity (Wildman–Crippen MR) is 66.2 cm³/mol. The molecule has 108 valence electrons. The Labute approximate surface area is 112 Å². The van der Waals surface area contributed by atoms with Gasteiger partial charge in [-0.2, -0.15) is 18.3 Å². The number of nitrogens with zero attached hydrogens (tertiary/aromatic N) is 2. The number of para-hydroxylation sites is 1. The number of alkyl halides is 3. The topological polar surface area (TPSA) is 64.0 Å². The quantitative estimate of drug-likeness (QED) is 0.946. The van der Waals surface area contributed by atoms with E-state index in [0.717, 1.165) is 6.07 Å². The number of hydrogen-bond donors (Lipinski definition) is 1. The Morgan fingerprint density at radius 2 is 1.85 bits per heavy atom. The van der Waals surface area contributed by atoms with Crippen molar-refractivity contribution in [2.75, 3.05) is 5.32 Å². The Kier molecular flexibility index (Phi) is 3.46. The fraction of sp³-hybridized carbons (Fsp3) is 0.182. The molecular formula is C11H10F3N3O2S. The third kappa shape index (κ3) is 2.62. The van der Waals surface area contributed by atoms with E-state index in [1.807, 2.05) is 0 Å². The second-order valence-corrected chi connectivity index (χ2v) is 5.85. The predicted octanol–water partition coefficient (Wildman–Crippen LogP) is 2.46. The SMILES string of the molecule is Cn1ccc(Nc2ccccc2S(=O)(=O)C(F)(F)F)n1. The van der Waals surface area contributed by atoms with E-state index in [1.165, 1.54) is 28.9 Å². The molecule has 0 aliphatic rings. The second-order valence-electron chi connectivity index (χ2n) is 3.94. The van der Waals surface area contributed by atoms with Gasteiger partial charge in [-0.3, -0.25) is 4.68 Å². The van der Waals surface area contributed by atoms with Crippen molar-refractivity contribution in [1.82, 2.24) is 9.78 Å². The number of halogens is 3. The summed E-state index contributed by atoms with van der Waals surface area (Å²) in [7, 11) is -3.79. The average molecular weight is 305 g/mol. The summed E-state index contributed by atoms with van der Waals surface area (Å²) in [4.78, 5) is -0.835. The molecule has 1 aromatic carbocycles. The van der Waals surface area contributed by atoms with Crippen LogP contribution in [0.4, 0.5) is 24.7 Å². The van der Waals surface area contributed by atoms with E-state index in [-0.39, 0.29) is 11.5 Å². The van der Waals surface area contributed by atoms with Crippen molar-refractivity contribution in [3.63, 3.8) is 0 Å². The van der Waals surface area contributed by atoms with Crippen molar-refractivity contribution in [1.29, 1.82) is 0 Å². The number of rotatable bonds is 3. The molecule has 1 N–H and O–H groups in total. The molecule has 5 nitrogen and oxygen atoms in total. The molecule has 2 rings (SSSR count). The zero-order valence-corrected chi connectivity index (χ0v) is 11.0. The van der Waals surface area contributed by atoms with E-state index in [0.29, 0.717) is 0 Å². The van der Waals surface area contributed by atoms with E-state index in [4.69, 9.17) is 0 Å². The molecule has 0 aliphatic heterocycles. The largest absolute Gasteiger partial charge is 0.501 e.